The van der Waals surface area contributed by atoms with Crippen LogP contribution < -0.4 is 5.32 Å². The van der Waals surface area contributed by atoms with Crippen LogP contribution >= 0.6 is 23.2 Å². The van der Waals surface area contributed by atoms with Crippen LogP contribution in [0.3, 0.4) is 0 Å². The predicted molar refractivity (Wildman–Crippen MR) is 92.4 cm³/mol. The molecule has 7 nitrogen and oxygen atoms in total. The molecule has 3 rings (SSSR count). The average Bonchev–Trinajstić information content (AvgIpc) is 3.16. The Bertz CT molecular complexity index is 824. The molecule has 0 unspecified atom stereocenters. The Kier molecular flexibility index (Phi) is 4.71. The van der Waals surface area contributed by atoms with Gasteiger partial charge < -0.3 is 10.4 Å². The topological polar surface area (TPSA) is 97.1 Å². The van der Waals surface area contributed by atoms with Gasteiger partial charge in [0.2, 0.25) is 5.82 Å². The summed E-state index contributed by atoms with van der Waals surface area (Å²) in [5.74, 6) is -1.38. The molecule has 1 aromatic carbocycles. The third kappa shape index (κ3) is 3.21. The van der Waals surface area contributed by atoms with Gasteiger partial charge in [-0.1, -0.05) is 42.1 Å². The maximum atomic E-state index is 12.5. The van der Waals surface area contributed by atoms with Crippen molar-refractivity contribution in [3.63, 3.8) is 0 Å². The molecule has 0 atom stereocenters. The first-order valence-corrected chi connectivity index (χ1v) is 8.53. The van der Waals surface area contributed by atoms with Crippen molar-refractivity contribution >= 4 is 35.1 Å². The van der Waals surface area contributed by atoms with Crippen molar-refractivity contribution in [2.75, 3.05) is 0 Å². The third-order valence-electron chi connectivity index (χ3n) is 4.34. The van der Waals surface area contributed by atoms with E-state index in [1.165, 1.54) is 4.68 Å². The molecule has 0 saturated heterocycles. The van der Waals surface area contributed by atoms with Gasteiger partial charge >= 0.3 is 5.97 Å². The van der Waals surface area contributed by atoms with E-state index in [2.05, 4.69) is 15.4 Å². The Hall–Kier alpha value is -2.12. The minimum atomic E-state index is -1.25. The number of carboxylic acid groups (broad SMARTS) is 1. The Labute approximate surface area is 154 Å². The molecule has 132 valence electrons. The number of nitrogens with zero attached hydrogens (tertiary/aromatic N) is 3. The molecule has 2 aromatic rings. The number of aromatic nitrogens is 3. The molecule has 1 amide bonds. The van der Waals surface area contributed by atoms with E-state index in [4.69, 9.17) is 23.2 Å². The lowest BCUT2D eigenvalue weighted by Crippen LogP contribution is -2.52. The Morgan fingerprint density at radius 3 is 2.40 bits per heavy atom. The zero-order valence-corrected chi connectivity index (χ0v) is 14.9. The highest BCUT2D eigenvalue weighted by Crippen LogP contribution is 2.31. The number of halogens is 2. The number of carbonyl (C=O) groups excluding carboxylic acids is 1. The fourth-order valence-electron chi connectivity index (χ4n) is 3.03. The van der Waals surface area contributed by atoms with Gasteiger partial charge in [0, 0.05) is 0 Å². The van der Waals surface area contributed by atoms with Crippen LogP contribution in [-0.2, 0) is 4.79 Å². The van der Waals surface area contributed by atoms with Crippen LogP contribution in [0.25, 0.3) is 5.69 Å². The smallest absolute Gasteiger partial charge is 0.329 e. The monoisotopic (exact) mass is 382 g/mol. The number of rotatable bonds is 4. The summed E-state index contributed by atoms with van der Waals surface area (Å²) in [5.41, 5.74) is -0.831. The molecule has 0 spiro atoms. The molecule has 1 fully saturated rings. The number of aliphatic carboxylic acids is 1. The summed E-state index contributed by atoms with van der Waals surface area (Å²) in [6, 6.07) is 5.01. The summed E-state index contributed by atoms with van der Waals surface area (Å²) in [6.45, 7) is 1.66. The molecular formula is C16H16Cl2N4O3. The number of hydrogen-bond acceptors (Lipinski definition) is 4. The van der Waals surface area contributed by atoms with E-state index in [9.17, 15) is 14.7 Å². The number of carboxylic acids is 1. The van der Waals surface area contributed by atoms with Crippen molar-refractivity contribution in [2.45, 2.75) is 38.1 Å². The molecule has 25 heavy (non-hydrogen) atoms. The summed E-state index contributed by atoms with van der Waals surface area (Å²) >= 11 is 12.3. The van der Waals surface area contributed by atoms with Crippen LogP contribution in [0.4, 0.5) is 0 Å². The highest BCUT2D eigenvalue weighted by molar-refractivity contribution is 6.37. The van der Waals surface area contributed by atoms with Crippen LogP contribution in [0.2, 0.25) is 10.0 Å². The van der Waals surface area contributed by atoms with Crippen molar-refractivity contribution in [3.8, 4) is 5.69 Å². The second-order valence-electron chi connectivity index (χ2n) is 6.01. The van der Waals surface area contributed by atoms with E-state index in [-0.39, 0.29) is 5.82 Å². The van der Waals surface area contributed by atoms with E-state index in [0.29, 0.717) is 34.4 Å². The van der Waals surface area contributed by atoms with Crippen LogP contribution in [0.15, 0.2) is 18.2 Å². The number of amides is 1. The standard InChI is InChI=1S/C16H16Cl2N4O3/c1-9-19-13(14(23)20-16(15(24)25)7-2-3-8-16)21-22(9)12-10(17)5-4-6-11(12)18/h4-6H,2-3,7-8H2,1H3,(H,20,23)(H,24,25). The van der Waals surface area contributed by atoms with E-state index < -0.39 is 17.4 Å². The zero-order valence-electron chi connectivity index (χ0n) is 13.4. The van der Waals surface area contributed by atoms with Crippen LogP contribution in [0, 0.1) is 6.92 Å². The second-order valence-corrected chi connectivity index (χ2v) is 6.83. The largest absolute Gasteiger partial charge is 0.480 e. The summed E-state index contributed by atoms with van der Waals surface area (Å²) in [7, 11) is 0. The van der Waals surface area contributed by atoms with Gasteiger partial charge in [-0.15, -0.1) is 5.10 Å². The van der Waals surface area contributed by atoms with E-state index in [1.54, 1.807) is 25.1 Å². The van der Waals surface area contributed by atoms with Crippen molar-refractivity contribution in [2.24, 2.45) is 0 Å². The minimum absolute atomic E-state index is 0.124. The lowest BCUT2D eigenvalue weighted by Gasteiger charge is -2.24. The highest BCUT2D eigenvalue weighted by Gasteiger charge is 2.43. The van der Waals surface area contributed by atoms with Crippen LogP contribution in [-0.4, -0.2) is 37.3 Å². The lowest BCUT2D eigenvalue weighted by atomic mass is 9.98. The molecule has 0 bridgehead atoms. The zero-order chi connectivity index (χ0) is 18.2. The molecular weight excluding hydrogens is 367 g/mol. The molecule has 9 heteroatoms. The normalized spacial score (nSPS) is 16.0. The number of aryl methyl sites for hydroxylation is 1. The lowest BCUT2D eigenvalue weighted by molar-refractivity contribution is -0.144. The van der Waals surface area contributed by atoms with Gasteiger partial charge in [0.05, 0.1) is 10.0 Å². The van der Waals surface area contributed by atoms with Gasteiger partial charge in [0.15, 0.2) is 0 Å². The van der Waals surface area contributed by atoms with E-state index in [0.717, 1.165) is 12.8 Å². The molecule has 2 N–H and O–H groups in total. The summed E-state index contributed by atoms with van der Waals surface area (Å²) < 4.78 is 1.38. The number of hydrogen-bond donors (Lipinski definition) is 2. The Balaban J connectivity index is 1.92. The Morgan fingerprint density at radius 1 is 1.24 bits per heavy atom. The summed E-state index contributed by atoms with van der Waals surface area (Å²) in [4.78, 5) is 28.2. The van der Waals surface area contributed by atoms with Gasteiger partial charge in [0.25, 0.3) is 5.91 Å². The molecule has 1 aliphatic rings. The number of carbonyl (C=O) groups is 2. The van der Waals surface area contributed by atoms with Crippen LogP contribution in [0.5, 0.6) is 0 Å². The van der Waals surface area contributed by atoms with Gasteiger partial charge in [-0.3, -0.25) is 4.79 Å². The van der Waals surface area contributed by atoms with Gasteiger partial charge in [-0.2, -0.15) is 0 Å². The highest BCUT2D eigenvalue weighted by atomic mass is 35.5. The fraction of sp³-hybridized carbons (Fsp3) is 0.375. The molecule has 0 radical (unpaired) electrons. The molecule has 0 aliphatic heterocycles. The molecule has 1 saturated carbocycles. The van der Waals surface area contributed by atoms with Gasteiger partial charge in [-0.05, 0) is 31.9 Å². The Morgan fingerprint density at radius 2 is 1.84 bits per heavy atom. The number of benzene rings is 1. The van der Waals surface area contributed by atoms with Crippen molar-refractivity contribution in [1.29, 1.82) is 0 Å². The fourth-order valence-corrected chi connectivity index (χ4v) is 3.59. The van der Waals surface area contributed by atoms with Crippen molar-refractivity contribution in [3.05, 3.63) is 39.9 Å². The van der Waals surface area contributed by atoms with Crippen molar-refractivity contribution < 1.29 is 14.7 Å². The van der Waals surface area contributed by atoms with Crippen LogP contribution in [0.1, 0.15) is 42.1 Å². The summed E-state index contributed by atoms with van der Waals surface area (Å²) in [6.07, 6.45) is 2.29. The average molecular weight is 383 g/mol. The molecule has 1 aliphatic carbocycles. The first-order chi connectivity index (χ1) is 11.8. The minimum Gasteiger partial charge on any atom is -0.480 e. The maximum Gasteiger partial charge on any atom is 0.329 e. The van der Waals surface area contributed by atoms with Crippen molar-refractivity contribution in [1.82, 2.24) is 20.1 Å². The van der Waals surface area contributed by atoms with E-state index in [1.807, 2.05) is 0 Å². The quantitative estimate of drug-likeness (QED) is 0.846. The summed E-state index contributed by atoms with van der Waals surface area (Å²) in [5, 5.41) is 17.0. The first kappa shape index (κ1) is 17.7. The molecule has 1 aromatic heterocycles. The van der Waals surface area contributed by atoms with E-state index >= 15 is 0 Å². The molecule has 1 heterocycles. The first-order valence-electron chi connectivity index (χ1n) is 7.78. The van der Waals surface area contributed by atoms with Gasteiger partial charge in [0.1, 0.15) is 17.1 Å². The SMILES string of the molecule is Cc1nc(C(=O)NC2(C(=O)O)CCCC2)nn1-c1c(Cl)cccc1Cl. The second kappa shape index (κ2) is 6.65. The van der Waals surface area contributed by atoms with Gasteiger partial charge in [-0.25, -0.2) is 14.5 Å². The number of nitrogens with one attached hydrogen (secondary N) is 1. The predicted octanol–water partition coefficient (Wildman–Crippen LogP) is 3.01. The number of para-hydroxylation sites is 1. The third-order valence-corrected chi connectivity index (χ3v) is 4.95. The maximum absolute atomic E-state index is 12.5.